The van der Waals surface area contributed by atoms with E-state index in [4.69, 9.17) is 5.73 Å². The van der Waals surface area contributed by atoms with Crippen molar-refractivity contribution in [2.24, 2.45) is 0 Å². The van der Waals surface area contributed by atoms with Gasteiger partial charge in [0.2, 0.25) is 0 Å². The van der Waals surface area contributed by atoms with E-state index in [9.17, 15) is 0 Å². The predicted molar refractivity (Wildman–Crippen MR) is 57.1 cm³/mol. The van der Waals surface area contributed by atoms with Gasteiger partial charge in [-0.05, 0) is 12.8 Å². The van der Waals surface area contributed by atoms with Crippen molar-refractivity contribution in [3.63, 3.8) is 0 Å². The van der Waals surface area contributed by atoms with E-state index in [0.29, 0.717) is 17.3 Å². The van der Waals surface area contributed by atoms with Gasteiger partial charge in [0.1, 0.15) is 5.69 Å². The predicted octanol–water partition coefficient (Wildman–Crippen LogP) is 0.640. The quantitative estimate of drug-likeness (QED) is 0.687. The number of nitrogen functional groups attached to an aromatic ring is 1. The number of aryl methyl sites for hydroxylation is 1. The smallest absolute Gasteiger partial charge is 0.197 e. The van der Waals surface area contributed by atoms with Crippen molar-refractivity contribution in [2.45, 2.75) is 20.3 Å². The topological polar surface area (TPSA) is 69.1 Å². The molecule has 0 aliphatic heterocycles. The molecule has 5 nitrogen and oxygen atoms in total. The molecule has 0 bridgehead atoms. The second kappa shape index (κ2) is 3.58. The standard InChI is InChI=1S/C10H11N5/c1-3-5-7-6-12-10-9(11)13-8(4-2)14-15(7)10/h6H,4H2,1-2H3,(H2,11,13,14). The maximum Gasteiger partial charge on any atom is 0.197 e. The Hall–Kier alpha value is -2.09. The zero-order chi connectivity index (χ0) is 10.8. The maximum atomic E-state index is 5.76. The van der Waals surface area contributed by atoms with Gasteiger partial charge >= 0.3 is 0 Å². The van der Waals surface area contributed by atoms with E-state index >= 15 is 0 Å². The lowest BCUT2D eigenvalue weighted by Crippen LogP contribution is -2.06. The van der Waals surface area contributed by atoms with Crippen LogP contribution < -0.4 is 5.73 Å². The number of anilines is 1. The number of rotatable bonds is 1. The number of imidazole rings is 1. The van der Waals surface area contributed by atoms with Gasteiger partial charge in [-0.1, -0.05) is 12.8 Å². The second-order valence-electron chi connectivity index (χ2n) is 3.02. The van der Waals surface area contributed by atoms with Crippen LogP contribution in [-0.4, -0.2) is 19.6 Å². The summed E-state index contributed by atoms with van der Waals surface area (Å²) in [4.78, 5) is 8.25. The van der Waals surface area contributed by atoms with Crippen LogP contribution in [0.3, 0.4) is 0 Å². The lowest BCUT2D eigenvalue weighted by Gasteiger charge is -2.00. The summed E-state index contributed by atoms with van der Waals surface area (Å²) in [6.45, 7) is 3.74. The minimum atomic E-state index is 0.394. The molecule has 0 spiro atoms. The molecule has 2 heterocycles. The molecule has 0 saturated carbocycles. The third kappa shape index (κ3) is 1.50. The summed E-state index contributed by atoms with van der Waals surface area (Å²) < 4.78 is 1.64. The minimum absolute atomic E-state index is 0.394. The number of nitrogens with two attached hydrogens (primary N) is 1. The molecule has 5 heteroatoms. The first-order valence-corrected chi connectivity index (χ1v) is 4.69. The van der Waals surface area contributed by atoms with Crippen LogP contribution in [0.5, 0.6) is 0 Å². The average Bonchev–Trinajstić information content (AvgIpc) is 2.63. The Labute approximate surface area is 87.3 Å². The zero-order valence-electron chi connectivity index (χ0n) is 8.65. The van der Waals surface area contributed by atoms with Crippen molar-refractivity contribution in [3.05, 3.63) is 17.7 Å². The maximum absolute atomic E-state index is 5.76. The lowest BCUT2D eigenvalue weighted by atomic mass is 10.4. The van der Waals surface area contributed by atoms with Crippen molar-refractivity contribution in [1.82, 2.24) is 19.6 Å². The number of fused-ring (bicyclic) bond motifs is 1. The number of hydrogen-bond donors (Lipinski definition) is 1. The molecule has 0 amide bonds. The Kier molecular flexibility index (Phi) is 2.26. The van der Waals surface area contributed by atoms with E-state index < -0.39 is 0 Å². The largest absolute Gasteiger partial charge is 0.380 e. The molecule has 0 unspecified atom stereocenters. The fourth-order valence-electron chi connectivity index (χ4n) is 1.31. The summed E-state index contributed by atoms with van der Waals surface area (Å²) in [7, 11) is 0. The first-order valence-electron chi connectivity index (χ1n) is 4.69. The monoisotopic (exact) mass is 201 g/mol. The highest BCUT2D eigenvalue weighted by Crippen LogP contribution is 2.10. The molecule has 0 aromatic carbocycles. The van der Waals surface area contributed by atoms with Gasteiger partial charge in [0.25, 0.3) is 0 Å². The summed E-state index contributed by atoms with van der Waals surface area (Å²) in [5.41, 5.74) is 7.05. The van der Waals surface area contributed by atoms with Gasteiger partial charge in [-0.3, -0.25) is 0 Å². The third-order valence-corrected chi connectivity index (χ3v) is 2.00. The Morgan fingerprint density at radius 2 is 2.33 bits per heavy atom. The fourth-order valence-corrected chi connectivity index (χ4v) is 1.31. The van der Waals surface area contributed by atoms with Gasteiger partial charge in [0, 0.05) is 6.42 Å². The Morgan fingerprint density at radius 1 is 1.53 bits per heavy atom. The van der Waals surface area contributed by atoms with Crippen molar-refractivity contribution in [3.8, 4) is 11.8 Å². The minimum Gasteiger partial charge on any atom is -0.380 e. The SMILES string of the molecule is CC#Cc1cnc2c(N)nc(CC)nn12. The molecule has 0 saturated heterocycles. The Bertz CT molecular complexity index is 558. The average molecular weight is 201 g/mol. The molecular weight excluding hydrogens is 190 g/mol. The number of hydrogen-bond acceptors (Lipinski definition) is 4. The van der Waals surface area contributed by atoms with Gasteiger partial charge in [-0.25, -0.2) is 9.97 Å². The molecule has 2 rings (SSSR count). The molecule has 0 fully saturated rings. The fraction of sp³-hybridized carbons (Fsp3) is 0.300. The molecule has 15 heavy (non-hydrogen) atoms. The van der Waals surface area contributed by atoms with Crippen LogP contribution in [0.25, 0.3) is 5.65 Å². The lowest BCUT2D eigenvalue weighted by molar-refractivity contribution is 0.808. The summed E-state index contributed by atoms with van der Waals surface area (Å²) >= 11 is 0. The first-order chi connectivity index (χ1) is 7.26. The molecule has 0 aliphatic carbocycles. The first kappa shape index (κ1) is 9.46. The molecule has 0 atom stereocenters. The van der Waals surface area contributed by atoms with E-state index in [1.54, 1.807) is 17.6 Å². The molecule has 2 aromatic heterocycles. The number of nitrogens with zero attached hydrogens (tertiary/aromatic N) is 4. The van der Waals surface area contributed by atoms with E-state index in [1.807, 2.05) is 6.92 Å². The van der Waals surface area contributed by atoms with Crippen LogP contribution in [0, 0.1) is 11.8 Å². The second-order valence-corrected chi connectivity index (χ2v) is 3.02. The van der Waals surface area contributed by atoms with Crippen LogP contribution in [0.2, 0.25) is 0 Å². The van der Waals surface area contributed by atoms with Crippen LogP contribution in [-0.2, 0) is 6.42 Å². The Morgan fingerprint density at radius 3 is 3.00 bits per heavy atom. The highest BCUT2D eigenvalue weighted by atomic mass is 15.3. The van der Waals surface area contributed by atoms with Gasteiger partial charge in [-0.2, -0.15) is 4.52 Å². The van der Waals surface area contributed by atoms with Gasteiger partial charge in [0.05, 0.1) is 6.20 Å². The normalized spacial score (nSPS) is 10.0. The van der Waals surface area contributed by atoms with Crippen LogP contribution in [0.15, 0.2) is 6.20 Å². The van der Waals surface area contributed by atoms with Gasteiger partial charge < -0.3 is 5.73 Å². The van der Waals surface area contributed by atoms with Crippen molar-refractivity contribution in [2.75, 3.05) is 5.73 Å². The van der Waals surface area contributed by atoms with Gasteiger partial charge in [-0.15, -0.1) is 5.10 Å². The Balaban J connectivity index is 2.76. The molecular formula is C10H11N5. The summed E-state index contributed by atoms with van der Waals surface area (Å²) in [6, 6.07) is 0. The van der Waals surface area contributed by atoms with Crippen molar-refractivity contribution >= 4 is 11.5 Å². The molecule has 0 aliphatic rings. The van der Waals surface area contributed by atoms with Crippen LogP contribution in [0.1, 0.15) is 25.4 Å². The summed E-state index contributed by atoms with van der Waals surface area (Å²) in [5, 5.41) is 4.29. The van der Waals surface area contributed by atoms with E-state index in [1.165, 1.54) is 0 Å². The van der Waals surface area contributed by atoms with Crippen molar-refractivity contribution < 1.29 is 0 Å². The van der Waals surface area contributed by atoms with Crippen molar-refractivity contribution in [1.29, 1.82) is 0 Å². The van der Waals surface area contributed by atoms with Crippen LogP contribution >= 0.6 is 0 Å². The van der Waals surface area contributed by atoms with E-state index in [-0.39, 0.29) is 0 Å². The number of aromatic nitrogens is 4. The van der Waals surface area contributed by atoms with E-state index in [2.05, 4.69) is 26.9 Å². The third-order valence-electron chi connectivity index (χ3n) is 2.00. The summed E-state index contributed by atoms with van der Waals surface area (Å²) in [5.74, 6) is 6.81. The zero-order valence-corrected chi connectivity index (χ0v) is 8.65. The molecule has 2 N–H and O–H groups in total. The highest BCUT2D eigenvalue weighted by Gasteiger charge is 2.08. The summed E-state index contributed by atoms with van der Waals surface area (Å²) in [6.07, 6.45) is 2.38. The molecule has 76 valence electrons. The van der Waals surface area contributed by atoms with E-state index in [0.717, 1.165) is 12.1 Å². The van der Waals surface area contributed by atoms with Gasteiger partial charge in [0.15, 0.2) is 17.3 Å². The van der Waals surface area contributed by atoms with Crippen LogP contribution in [0.4, 0.5) is 5.82 Å². The molecule has 2 aromatic rings. The molecule has 0 radical (unpaired) electrons. The highest BCUT2D eigenvalue weighted by molar-refractivity contribution is 5.60.